The molecule has 3 N–H and O–H groups in total. The zero-order chi connectivity index (χ0) is 12.1. The van der Waals surface area contributed by atoms with Crippen LogP contribution < -0.4 is 5.73 Å². The molecule has 1 atom stereocenters. The summed E-state index contributed by atoms with van der Waals surface area (Å²) >= 11 is 0. The van der Waals surface area contributed by atoms with Gasteiger partial charge in [0.25, 0.3) is 0 Å². The first kappa shape index (κ1) is 12.0. The van der Waals surface area contributed by atoms with Crippen molar-refractivity contribution in [2.45, 2.75) is 12.5 Å². The molecule has 0 aliphatic carbocycles. The van der Waals surface area contributed by atoms with Crippen molar-refractivity contribution >= 4 is 12.0 Å². The van der Waals surface area contributed by atoms with E-state index < -0.39 is 18.0 Å². The van der Waals surface area contributed by atoms with E-state index in [9.17, 15) is 9.59 Å². The lowest BCUT2D eigenvalue weighted by atomic mass is 10.1. The smallest absolute Gasteiger partial charge is 0.326 e. The minimum Gasteiger partial charge on any atom is -0.480 e. The van der Waals surface area contributed by atoms with E-state index in [1.54, 1.807) is 0 Å². The summed E-state index contributed by atoms with van der Waals surface area (Å²) in [6, 6.07) is 7.42. The number of rotatable bonds is 4. The summed E-state index contributed by atoms with van der Waals surface area (Å²) in [5.74, 6) is -1.06. The summed E-state index contributed by atoms with van der Waals surface area (Å²) in [6.07, 6.45) is 0.246. The molecule has 5 heteroatoms. The van der Waals surface area contributed by atoms with Gasteiger partial charge in [-0.3, -0.25) is 0 Å². The second-order valence-electron chi connectivity index (χ2n) is 3.49. The van der Waals surface area contributed by atoms with Crippen molar-refractivity contribution in [3.05, 3.63) is 35.9 Å². The minimum atomic E-state index is -1.06. The van der Waals surface area contributed by atoms with Gasteiger partial charge in [0.2, 0.25) is 0 Å². The van der Waals surface area contributed by atoms with Gasteiger partial charge in [0.1, 0.15) is 6.04 Å². The lowest BCUT2D eigenvalue weighted by Gasteiger charge is -2.22. The molecule has 1 rings (SSSR count). The van der Waals surface area contributed by atoms with Gasteiger partial charge in [-0.15, -0.1) is 0 Å². The topological polar surface area (TPSA) is 83.6 Å². The molecule has 0 aliphatic rings. The highest BCUT2D eigenvalue weighted by Crippen LogP contribution is 2.07. The number of nitrogens with two attached hydrogens (primary N) is 1. The van der Waals surface area contributed by atoms with Gasteiger partial charge in [-0.1, -0.05) is 30.3 Å². The maximum Gasteiger partial charge on any atom is 0.326 e. The molecule has 0 aliphatic heterocycles. The van der Waals surface area contributed by atoms with Crippen molar-refractivity contribution in [2.24, 2.45) is 5.73 Å². The molecule has 0 fully saturated rings. The van der Waals surface area contributed by atoms with E-state index in [1.807, 2.05) is 30.3 Å². The number of likely N-dealkylation sites (N-methyl/N-ethyl adjacent to an activating group) is 1. The number of carbonyl (C=O) groups is 2. The average molecular weight is 222 g/mol. The molecule has 5 nitrogen and oxygen atoms in total. The molecule has 0 radical (unpaired) electrons. The number of hydrogen-bond acceptors (Lipinski definition) is 2. The van der Waals surface area contributed by atoms with Gasteiger partial charge in [-0.25, -0.2) is 9.59 Å². The number of urea groups is 1. The maximum atomic E-state index is 11.0. The van der Waals surface area contributed by atoms with E-state index in [0.717, 1.165) is 10.5 Å². The number of carboxylic acid groups (broad SMARTS) is 1. The molecular formula is C11H14N2O3. The third-order valence-corrected chi connectivity index (χ3v) is 2.37. The van der Waals surface area contributed by atoms with E-state index in [-0.39, 0.29) is 6.42 Å². The lowest BCUT2D eigenvalue weighted by molar-refractivity contribution is -0.141. The molecule has 0 spiro atoms. The molecule has 86 valence electrons. The van der Waals surface area contributed by atoms with Gasteiger partial charge in [-0.2, -0.15) is 0 Å². The molecule has 0 bridgehead atoms. The van der Waals surface area contributed by atoms with Crippen molar-refractivity contribution < 1.29 is 14.7 Å². The Morgan fingerprint density at radius 3 is 2.38 bits per heavy atom. The molecule has 0 saturated heterocycles. The average Bonchev–Trinajstić information content (AvgIpc) is 2.26. The number of carboxylic acids is 1. The van der Waals surface area contributed by atoms with Crippen LogP contribution in [0.1, 0.15) is 5.56 Å². The van der Waals surface area contributed by atoms with E-state index in [4.69, 9.17) is 10.8 Å². The van der Waals surface area contributed by atoms with Gasteiger partial charge >= 0.3 is 12.0 Å². The number of nitrogens with zero attached hydrogens (tertiary/aromatic N) is 1. The van der Waals surface area contributed by atoms with E-state index >= 15 is 0 Å². The molecular weight excluding hydrogens is 208 g/mol. The molecule has 1 aromatic rings. The van der Waals surface area contributed by atoms with Crippen LogP contribution in [0.4, 0.5) is 4.79 Å². The molecule has 0 heterocycles. The molecule has 1 aromatic carbocycles. The van der Waals surface area contributed by atoms with E-state index in [1.165, 1.54) is 7.05 Å². The maximum absolute atomic E-state index is 11.0. The predicted molar refractivity (Wildman–Crippen MR) is 58.9 cm³/mol. The van der Waals surface area contributed by atoms with Crippen LogP contribution in [0.3, 0.4) is 0 Å². The highest BCUT2D eigenvalue weighted by molar-refractivity contribution is 5.81. The van der Waals surface area contributed by atoms with Crippen LogP contribution >= 0.6 is 0 Å². The Bertz CT molecular complexity index is 378. The van der Waals surface area contributed by atoms with Crippen molar-refractivity contribution in [1.29, 1.82) is 0 Å². The molecule has 0 saturated carbocycles. The van der Waals surface area contributed by atoms with Gasteiger partial charge in [0.15, 0.2) is 0 Å². The van der Waals surface area contributed by atoms with Crippen LogP contribution in [0.15, 0.2) is 30.3 Å². The number of aliphatic carboxylic acids is 1. The Balaban J connectivity index is 2.81. The molecule has 0 unspecified atom stereocenters. The van der Waals surface area contributed by atoms with Crippen LogP contribution in [-0.2, 0) is 11.2 Å². The van der Waals surface area contributed by atoms with Gasteiger partial charge < -0.3 is 15.7 Å². The second-order valence-corrected chi connectivity index (χ2v) is 3.49. The standard InChI is InChI=1S/C11H14N2O3/c1-13(11(12)16)9(10(14)15)7-8-5-3-2-4-6-8/h2-6,9H,7H2,1H3,(H2,12,16)(H,14,15)/t9-/m0/s1. The zero-order valence-electron chi connectivity index (χ0n) is 8.96. The van der Waals surface area contributed by atoms with Crippen molar-refractivity contribution in [3.8, 4) is 0 Å². The minimum absolute atomic E-state index is 0.246. The lowest BCUT2D eigenvalue weighted by Crippen LogP contribution is -2.46. The largest absolute Gasteiger partial charge is 0.480 e. The van der Waals surface area contributed by atoms with Crippen molar-refractivity contribution in [3.63, 3.8) is 0 Å². The summed E-state index contributed by atoms with van der Waals surface area (Å²) in [5, 5.41) is 9.00. The Morgan fingerprint density at radius 1 is 1.38 bits per heavy atom. The van der Waals surface area contributed by atoms with E-state index in [2.05, 4.69) is 0 Å². The summed E-state index contributed by atoms with van der Waals surface area (Å²) in [4.78, 5) is 22.9. The number of benzene rings is 1. The van der Waals surface area contributed by atoms with E-state index in [0.29, 0.717) is 0 Å². The van der Waals surface area contributed by atoms with Crippen molar-refractivity contribution in [2.75, 3.05) is 7.05 Å². The second kappa shape index (κ2) is 5.16. The van der Waals surface area contributed by atoms with Crippen LogP contribution in [0.25, 0.3) is 0 Å². The Kier molecular flexibility index (Phi) is 3.88. The van der Waals surface area contributed by atoms with Crippen molar-refractivity contribution in [1.82, 2.24) is 4.90 Å². The van der Waals surface area contributed by atoms with Gasteiger partial charge in [-0.05, 0) is 5.56 Å². The Morgan fingerprint density at radius 2 is 1.94 bits per heavy atom. The summed E-state index contributed by atoms with van der Waals surface area (Å²) < 4.78 is 0. The summed E-state index contributed by atoms with van der Waals surface area (Å²) in [6.45, 7) is 0. The first-order valence-electron chi connectivity index (χ1n) is 4.81. The molecule has 16 heavy (non-hydrogen) atoms. The fourth-order valence-corrected chi connectivity index (χ4v) is 1.38. The normalized spacial score (nSPS) is 11.8. The fraction of sp³-hybridized carbons (Fsp3) is 0.273. The number of hydrogen-bond donors (Lipinski definition) is 2. The highest BCUT2D eigenvalue weighted by atomic mass is 16.4. The van der Waals surface area contributed by atoms with Crippen LogP contribution in [0.5, 0.6) is 0 Å². The zero-order valence-corrected chi connectivity index (χ0v) is 8.96. The van der Waals surface area contributed by atoms with Crippen LogP contribution in [0.2, 0.25) is 0 Å². The fourth-order valence-electron chi connectivity index (χ4n) is 1.38. The number of amides is 2. The highest BCUT2D eigenvalue weighted by Gasteiger charge is 2.25. The number of primary amides is 1. The Labute approximate surface area is 93.5 Å². The van der Waals surface area contributed by atoms with Crippen LogP contribution in [-0.4, -0.2) is 35.1 Å². The third kappa shape index (κ3) is 2.98. The SMILES string of the molecule is CN(C(N)=O)[C@@H](Cc1ccccc1)C(=O)O. The van der Waals surface area contributed by atoms with Crippen LogP contribution in [0, 0.1) is 0 Å². The quantitative estimate of drug-likeness (QED) is 0.786. The Hall–Kier alpha value is -2.04. The summed E-state index contributed by atoms with van der Waals surface area (Å²) in [7, 11) is 1.38. The monoisotopic (exact) mass is 222 g/mol. The predicted octanol–water partition coefficient (Wildman–Crippen LogP) is 0.693. The van der Waals surface area contributed by atoms with Gasteiger partial charge in [0.05, 0.1) is 0 Å². The summed E-state index contributed by atoms with van der Waals surface area (Å²) in [5.41, 5.74) is 5.90. The number of carbonyl (C=O) groups excluding carboxylic acids is 1. The van der Waals surface area contributed by atoms with Gasteiger partial charge in [0, 0.05) is 13.5 Å². The molecule has 2 amide bonds. The first-order valence-corrected chi connectivity index (χ1v) is 4.81. The first-order chi connectivity index (χ1) is 7.52. The molecule has 0 aromatic heterocycles. The third-order valence-electron chi connectivity index (χ3n) is 2.37.